The van der Waals surface area contributed by atoms with Gasteiger partial charge in [0, 0.05) is 0 Å². The lowest BCUT2D eigenvalue weighted by Crippen LogP contribution is -2.16. The average Bonchev–Trinajstić information content (AvgIpc) is 1.95. The van der Waals surface area contributed by atoms with Crippen molar-refractivity contribution in [3.05, 3.63) is 0 Å². The van der Waals surface area contributed by atoms with E-state index in [2.05, 4.69) is 0 Å². The number of halogens is 1. The van der Waals surface area contributed by atoms with Crippen molar-refractivity contribution in [3.63, 3.8) is 0 Å². The zero-order valence-electron chi connectivity index (χ0n) is 8.48. The summed E-state index contributed by atoms with van der Waals surface area (Å²) >= 11 is 0. The third-order valence-electron chi connectivity index (χ3n) is 2.12. The normalized spacial score (nSPS) is 11.6. The molecule has 1 N–H and O–H groups in total. The van der Waals surface area contributed by atoms with E-state index in [0.717, 1.165) is 19.3 Å². The molecule has 0 aliphatic carbocycles. The largest absolute Gasteiger partial charge is 0.481 e. The van der Waals surface area contributed by atoms with Gasteiger partial charge in [0.2, 0.25) is 0 Å². The van der Waals surface area contributed by atoms with Crippen LogP contribution in [0.2, 0.25) is 0 Å². The Morgan fingerprint density at radius 1 is 1.31 bits per heavy atom. The molecule has 0 amide bonds. The number of unbranched alkanes of at least 4 members (excludes halogenated alkanes) is 2. The van der Waals surface area contributed by atoms with Gasteiger partial charge in [0.1, 0.15) is 0 Å². The van der Waals surface area contributed by atoms with E-state index in [1.54, 1.807) is 0 Å². The second-order valence-corrected chi connectivity index (χ2v) is 4.23. The van der Waals surface area contributed by atoms with Crippen LogP contribution in [0.1, 0.15) is 46.0 Å². The Kier molecular flexibility index (Phi) is 5.67. The summed E-state index contributed by atoms with van der Waals surface area (Å²) in [6.07, 6.45) is 3.44. The van der Waals surface area contributed by atoms with E-state index in [1.807, 2.05) is 13.8 Å². The van der Waals surface area contributed by atoms with Gasteiger partial charge in [-0.15, -0.1) is 0 Å². The van der Waals surface area contributed by atoms with Gasteiger partial charge in [0.05, 0.1) is 13.1 Å². The molecule has 13 heavy (non-hydrogen) atoms. The van der Waals surface area contributed by atoms with Crippen molar-refractivity contribution >= 4 is 5.97 Å². The summed E-state index contributed by atoms with van der Waals surface area (Å²) in [6.45, 7) is 3.62. The van der Waals surface area contributed by atoms with Crippen molar-refractivity contribution in [2.75, 3.05) is 6.67 Å². The molecule has 0 rings (SSSR count). The van der Waals surface area contributed by atoms with Crippen LogP contribution in [0.3, 0.4) is 0 Å². The quantitative estimate of drug-likeness (QED) is 0.626. The topological polar surface area (TPSA) is 37.3 Å². The Balaban J connectivity index is 3.56. The zero-order valence-corrected chi connectivity index (χ0v) is 8.48. The minimum Gasteiger partial charge on any atom is -0.481 e. The first-order valence-corrected chi connectivity index (χ1v) is 4.76. The maximum absolute atomic E-state index is 11.7. The smallest absolute Gasteiger partial charge is 0.303 e. The van der Waals surface area contributed by atoms with E-state index in [1.165, 1.54) is 0 Å². The first-order chi connectivity index (χ1) is 5.98. The first kappa shape index (κ1) is 12.4. The molecule has 0 aliphatic rings. The maximum Gasteiger partial charge on any atom is 0.303 e. The molecule has 0 aromatic rings. The molecule has 78 valence electrons. The summed E-state index contributed by atoms with van der Waals surface area (Å²) < 4.78 is 11.7. The van der Waals surface area contributed by atoms with Crippen LogP contribution in [0.15, 0.2) is 0 Å². The number of hydrogen-bond acceptors (Lipinski definition) is 1. The Bertz CT molecular complexity index is 155. The molecule has 0 saturated heterocycles. The third-order valence-corrected chi connectivity index (χ3v) is 2.12. The monoisotopic (exact) mass is 190 g/mol. The van der Waals surface area contributed by atoms with Crippen molar-refractivity contribution in [2.24, 2.45) is 5.41 Å². The van der Waals surface area contributed by atoms with Gasteiger partial charge in [-0.1, -0.05) is 26.7 Å². The number of rotatable bonds is 7. The molecule has 0 saturated carbocycles. The fourth-order valence-corrected chi connectivity index (χ4v) is 1.37. The minimum absolute atomic E-state index is 0.151. The zero-order chi connectivity index (χ0) is 10.3. The van der Waals surface area contributed by atoms with Gasteiger partial charge in [0.15, 0.2) is 0 Å². The van der Waals surface area contributed by atoms with Gasteiger partial charge < -0.3 is 5.11 Å². The van der Waals surface area contributed by atoms with Crippen molar-refractivity contribution in [2.45, 2.75) is 46.0 Å². The molecule has 0 bridgehead atoms. The van der Waals surface area contributed by atoms with Gasteiger partial charge in [-0.2, -0.15) is 0 Å². The second-order valence-electron chi connectivity index (χ2n) is 4.23. The minimum atomic E-state index is -0.754. The number of alkyl halides is 1. The highest BCUT2D eigenvalue weighted by molar-refractivity contribution is 5.67. The Morgan fingerprint density at radius 3 is 2.38 bits per heavy atom. The molecule has 0 aliphatic heterocycles. The summed E-state index contributed by atoms with van der Waals surface area (Å²) in [4.78, 5) is 10.4. The predicted octanol–water partition coefficient (Wildman–Crippen LogP) is 3.02. The van der Waals surface area contributed by atoms with Gasteiger partial charge in [-0.3, -0.25) is 9.18 Å². The molecule has 0 heterocycles. The molecule has 2 nitrogen and oxygen atoms in total. The summed E-state index contributed by atoms with van der Waals surface area (Å²) in [5.74, 6) is -0.754. The van der Waals surface area contributed by atoms with E-state index < -0.39 is 5.97 Å². The molecule has 0 unspecified atom stereocenters. The van der Waals surface area contributed by atoms with Crippen LogP contribution in [0.4, 0.5) is 4.39 Å². The Hall–Kier alpha value is -0.600. The summed E-state index contributed by atoms with van der Waals surface area (Å²) in [7, 11) is 0. The molecule has 0 radical (unpaired) electrons. The van der Waals surface area contributed by atoms with Gasteiger partial charge in [0.25, 0.3) is 0 Å². The SMILES string of the molecule is CC(C)(CCCCCF)CC(=O)O. The fraction of sp³-hybridized carbons (Fsp3) is 0.900. The summed E-state index contributed by atoms with van der Waals surface area (Å²) in [6, 6.07) is 0. The highest BCUT2D eigenvalue weighted by Crippen LogP contribution is 2.27. The van der Waals surface area contributed by atoms with Crippen molar-refractivity contribution in [1.29, 1.82) is 0 Å². The first-order valence-electron chi connectivity index (χ1n) is 4.76. The van der Waals surface area contributed by atoms with Crippen LogP contribution in [0, 0.1) is 5.41 Å². The standard InChI is InChI=1S/C10H19FO2/c1-10(2,8-9(12)13)6-4-3-5-7-11/h3-8H2,1-2H3,(H,12,13). The average molecular weight is 190 g/mol. The van der Waals surface area contributed by atoms with E-state index in [4.69, 9.17) is 5.11 Å². The van der Waals surface area contributed by atoms with Crippen LogP contribution in [0.25, 0.3) is 0 Å². The summed E-state index contributed by atoms with van der Waals surface area (Å²) in [5.41, 5.74) is -0.151. The lowest BCUT2D eigenvalue weighted by molar-refractivity contribution is -0.139. The second kappa shape index (κ2) is 5.95. The van der Waals surface area contributed by atoms with E-state index in [9.17, 15) is 9.18 Å². The lowest BCUT2D eigenvalue weighted by Gasteiger charge is -2.21. The van der Waals surface area contributed by atoms with Crippen molar-refractivity contribution in [3.8, 4) is 0 Å². The molecule has 3 heteroatoms. The van der Waals surface area contributed by atoms with Crippen molar-refractivity contribution < 1.29 is 14.3 Å². The van der Waals surface area contributed by atoms with Gasteiger partial charge >= 0.3 is 5.97 Å². The van der Waals surface area contributed by atoms with E-state index in [-0.39, 0.29) is 18.5 Å². The van der Waals surface area contributed by atoms with Crippen molar-refractivity contribution in [1.82, 2.24) is 0 Å². The maximum atomic E-state index is 11.7. The molecular formula is C10H19FO2. The molecule has 0 atom stereocenters. The fourth-order valence-electron chi connectivity index (χ4n) is 1.37. The Labute approximate surface area is 79.1 Å². The van der Waals surface area contributed by atoms with Crippen LogP contribution >= 0.6 is 0 Å². The summed E-state index contributed by atoms with van der Waals surface area (Å²) in [5, 5.41) is 8.59. The van der Waals surface area contributed by atoms with Crippen LogP contribution in [0.5, 0.6) is 0 Å². The predicted molar refractivity (Wildman–Crippen MR) is 50.5 cm³/mol. The van der Waals surface area contributed by atoms with Crippen LogP contribution in [-0.2, 0) is 4.79 Å². The molecule has 0 fully saturated rings. The highest BCUT2D eigenvalue weighted by Gasteiger charge is 2.20. The van der Waals surface area contributed by atoms with Crippen LogP contribution in [-0.4, -0.2) is 17.8 Å². The molecule has 0 aromatic heterocycles. The van der Waals surface area contributed by atoms with E-state index >= 15 is 0 Å². The molecule has 0 aromatic carbocycles. The number of hydrogen-bond donors (Lipinski definition) is 1. The Morgan fingerprint density at radius 2 is 1.92 bits per heavy atom. The van der Waals surface area contributed by atoms with Crippen LogP contribution < -0.4 is 0 Å². The lowest BCUT2D eigenvalue weighted by atomic mass is 9.84. The number of aliphatic carboxylic acids is 1. The third kappa shape index (κ3) is 7.75. The number of carbonyl (C=O) groups is 1. The molecular weight excluding hydrogens is 171 g/mol. The number of carboxylic acid groups (broad SMARTS) is 1. The van der Waals surface area contributed by atoms with Gasteiger partial charge in [-0.25, -0.2) is 0 Å². The highest BCUT2D eigenvalue weighted by atomic mass is 19.1. The molecule has 0 spiro atoms. The van der Waals surface area contributed by atoms with Gasteiger partial charge in [-0.05, 0) is 18.3 Å². The number of carboxylic acids is 1. The van der Waals surface area contributed by atoms with E-state index in [0.29, 0.717) is 6.42 Å².